The molecule has 0 atom stereocenters. The van der Waals surface area contributed by atoms with Gasteiger partial charge in [0.15, 0.2) is 5.82 Å². The molecule has 11 heteroatoms. The normalized spacial score (nSPS) is 11.8. The average molecular weight is 415 g/mol. The molecule has 1 amide bonds. The summed E-state index contributed by atoms with van der Waals surface area (Å²) in [5, 5.41) is 10.8. The number of hydrogen-bond donors (Lipinski definition) is 1. The molecular formula is C19H16F3N7O. The van der Waals surface area contributed by atoms with E-state index in [0.29, 0.717) is 11.5 Å². The molecule has 0 fully saturated rings. The van der Waals surface area contributed by atoms with Crippen LogP contribution in [0, 0.1) is 13.8 Å². The molecule has 0 bridgehead atoms. The third-order valence-electron chi connectivity index (χ3n) is 4.33. The van der Waals surface area contributed by atoms with Crippen molar-refractivity contribution in [2.45, 2.75) is 26.4 Å². The maximum absolute atomic E-state index is 13.2. The lowest BCUT2D eigenvalue weighted by molar-refractivity contribution is -0.137. The monoisotopic (exact) mass is 415 g/mol. The first kappa shape index (κ1) is 19.6. The number of amides is 1. The van der Waals surface area contributed by atoms with Gasteiger partial charge in [0.05, 0.1) is 23.4 Å². The fraction of sp³-hybridized carbons (Fsp3) is 0.211. The maximum Gasteiger partial charge on any atom is 0.416 e. The highest BCUT2D eigenvalue weighted by molar-refractivity contribution is 5.94. The molecule has 4 rings (SSSR count). The van der Waals surface area contributed by atoms with Gasteiger partial charge in [0.1, 0.15) is 0 Å². The molecule has 0 unspecified atom stereocenters. The topological polar surface area (TPSA) is 90.0 Å². The third-order valence-corrected chi connectivity index (χ3v) is 4.33. The second-order valence-corrected chi connectivity index (χ2v) is 6.68. The van der Waals surface area contributed by atoms with Crippen molar-refractivity contribution in [2.75, 3.05) is 5.32 Å². The highest BCUT2D eigenvalue weighted by Gasteiger charge is 2.31. The van der Waals surface area contributed by atoms with E-state index in [1.165, 1.54) is 21.5 Å². The molecule has 8 nitrogen and oxygen atoms in total. The van der Waals surface area contributed by atoms with Gasteiger partial charge in [-0.05, 0) is 44.2 Å². The van der Waals surface area contributed by atoms with Crippen LogP contribution in [0.5, 0.6) is 0 Å². The summed E-state index contributed by atoms with van der Waals surface area (Å²) in [7, 11) is 0. The van der Waals surface area contributed by atoms with E-state index >= 15 is 0 Å². The van der Waals surface area contributed by atoms with Crippen molar-refractivity contribution in [1.29, 1.82) is 0 Å². The Hall–Kier alpha value is -3.76. The van der Waals surface area contributed by atoms with Gasteiger partial charge >= 0.3 is 6.18 Å². The van der Waals surface area contributed by atoms with Crippen molar-refractivity contribution in [3.8, 4) is 5.69 Å². The lowest BCUT2D eigenvalue weighted by Crippen LogP contribution is -2.18. The number of aryl methyl sites for hydroxylation is 2. The van der Waals surface area contributed by atoms with Crippen molar-refractivity contribution in [3.63, 3.8) is 0 Å². The zero-order chi connectivity index (χ0) is 21.5. The van der Waals surface area contributed by atoms with E-state index in [2.05, 4.69) is 25.5 Å². The Morgan fingerprint density at radius 1 is 1.17 bits per heavy atom. The molecule has 0 aliphatic rings. The number of carbonyl (C=O) groups is 1. The number of carbonyl (C=O) groups excluding carboxylic acids is 1. The van der Waals surface area contributed by atoms with Crippen LogP contribution in [0.15, 0.2) is 42.7 Å². The molecule has 1 N–H and O–H groups in total. The predicted octanol–water partition coefficient (Wildman–Crippen LogP) is 3.13. The van der Waals surface area contributed by atoms with E-state index in [0.717, 1.165) is 23.5 Å². The molecule has 0 saturated heterocycles. The minimum atomic E-state index is -4.55. The number of nitrogens with zero attached hydrogens (tertiary/aromatic N) is 6. The zero-order valence-corrected chi connectivity index (χ0v) is 16.0. The van der Waals surface area contributed by atoms with Gasteiger partial charge in [0, 0.05) is 23.8 Å². The largest absolute Gasteiger partial charge is 0.416 e. The Balaban J connectivity index is 1.63. The number of anilines is 1. The molecule has 0 aliphatic carbocycles. The molecule has 154 valence electrons. The average Bonchev–Trinajstić information content (AvgIpc) is 3.30. The van der Waals surface area contributed by atoms with Gasteiger partial charge in [0.2, 0.25) is 5.91 Å². The molecular weight excluding hydrogens is 399 g/mol. The van der Waals surface area contributed by atoms with Crippen molar-refractivity contribution in [3.05, 3.63) is 65.5 Å². The number of benzene rings is 1. The predicted molar refractivity (Wildman–Crippen MR) is 101 cm³/mol. The van der Waals surface area contributed by atoms with Crippen LogP contribution < -0.4 is 5.32 Å². The van der Waals surface area contributed by atoms with Crippen molar-refractivity contribution < 1.29 is 18.0 Å². The van der Waals surface area contributed by atoms with Gasteiger partial charge in [-0.2, -0.15) is 23.3 Å². The number of nitrogens with one attached hydrogen (secondary N) is 1. The summed E-state index contributed by atoms with van der Waals surface area (Å²) < 4.78 is 42.3. The Morgan fingerprint density at radius 3 is 2.67 bits per heavy atom. The van der Waals surface area contributed by atoms with Gasteiger partial charge in [-0.3, -0.25) is 4.79 Å². The van der Waals surface area contributed by atoms with Gasteiger partial charge in [0.25, 0.3) is 5.78 Å². The van der Waals surface area contributed by atoms with Crippen LogP contribution in [-0.4, -0.2) is 35.3 Å². The quantitative estimate of drug-likeness (QED) is 0.553. The highest BCUT2D eigenvalue weighted by Crippen LogP contribution is 2.33. The maximum atomic E-state index is 13.2. The van der Waals surface area contributed by atoms with Gasteiger partial charge in [-0.1, -0.05) is 0 Å². The van der Waals surface area contributed by atoms with Crippen LogP contribution in [-0.2, 0) is 17.4 Å². The molecule has 0 saturated carbocycles. The van der Waals surface area contributed by atoms with E-state index in [1.807, 2.05) is 19.9 Å². The lowest BCUT2D eigenvalue weighted by Gasteiger charge is -2.14. The molecule has 30 heavy (non-hydrogen) atoms. The SMILES string of the molecule is Cc1cc(C)n2nc(CC(=O)Nc3cc(C(F)(F)F)ccc3-n3cccn3)nc2n1. The minimum Gasteiger partial charge on any atom is -0.324 e. The summed E-state index contributed by atoms with van der Waals surface area (Å²) in [6.07, 6.45) is -1.72. The highest BCUT2D eigenvalue weighted by atomic mass is 19.4. The van der Waals surface area contributed by atoms with Crippen LogP contribution in [0.25, 0.3) is 11.5 Å². The van der Waals surface area contributed by atoms with Gasteiger partial charge < -0.3 is 5.32 Å². The summed E-state index contributed by atoms with van der Waals surface area (Å²) in [6, 6.07) is 6.52. The number of alkyl halides is 3. The van der Waals surface area contributed by atoms with Gasteiger partial charge in [-0.25, -0.2) is 14.2 Å². The number of halogens is 3. The third kappa shape index (κ3) is 3.86. The Morgan fingerprint density at radius 2 is 1.97 bits per heavy atom. The fourth-order valence-electron chi connectivity index (χ4n) is 3.04. The van der Waals surface area contributed by atoms with Crippen LogP contribution in [0.1, 0.15) is 22.8 Å². The number of hydrogen-bond acceptors (Lipinski definition) is 5. The summed E-state index contributed by atoms with van der Waals surface area (Å²) in [5.74, 6) is 0.000857. The summed E-state index contributed by atoms with van der Waals surface area (Å²) in [4.78, 5) is 21.0. The Kier molecular flexibility index (Phi) is 4.72. The van der Waals surface area contributed by atoms with Crippen molar-refractivity contribution in [1.82, 2.24) is 29.4 Å². The standard InChI is InChI=1S/C19H16F3N7O/c1-11-8-12(2)29-18(24-11)26-16(27-29)10-17(30)25-14-9-13(19(20,21)22)4-5-15(14)28-7-3-6-23-28/h3-9H,10H2,1-2H3,(H,25,30). The smallest absolute Gasteiger partial charge is 0.324 e. The first-order valence-electron chi connectivity index (χ1n) is 8.92. The first-order valence-corrected chi connectivity index (χ1v) is 8.92. The van der Waals surface area contributed by atoms with E-state index in [4.69, 9.17) is 0 Å². The molecule has 1 aromatic carbocycles. The first-order chi connectivity index (χ1) is 14.2. The Bertz CT molecular complexity index is 1230. The second kappa shape index (κ2) is 7.25. The van der Waals surface area contributed by atoms with E-state index in [1.54, 1.807) is 12.3 Å². The van der Waals surface area contributed by atoms with Crippen LogP contribution in [0.3, 0.4) is 0 Å². The number of aromatic nitrogens is 6. The summed E-state index contributed by atoms with van der Waals surface area (Å²) in [5.41, 5.74) is 0.964. The molecule has 3 heterocycles. The van der Waals surface area contributed by atoms with Crippen molar-refractivity contribution >= 4 is 17.4 Å². The van der Waals surface area contributed by atoms with E-state index in [-0.39, 0.29) is 17.9 Å². The van der Waals surface area contributed by atoms with E-state index < -0.39 is 17.6 Å². The lowest BCUT2D eigenvalue weighted by atomic mass is 10.1. The molecule has 0 aliphatic heterocycles. The van der Waals surface area contributed by atoms with Crippen LogP contribution in [0.4, 0.5) is 18.9 Å². The van der Waals surface area contributed by atoms with E-state index in [9.17, 15) is 18.0 Å². The van der Waals surface area contributed by atoms with Gasteiger partial charge in [-0.15, -0.1) is 5.10 Å². The molecule has 0 spiro atoms. The fourth-order valence-corrected chi connectivity index (χ4v) is 3.04. The molecule has 3 aromatic heterocycles. The zero-order valence-electron chi connectivity index (χ0n) is 16.0. The summed E-state index contributed by atoms with van der Waals surface area (Å²) >= 11 is 0. The molecule has 0 radical (unpaired) electrons. The van der Waals surface area contributed by atoms with Crippen LogP contribution >= 0.6 is 0 Å². The minimum absolute atomic E-state index is 0.0209. The van der Waals surface area contributed by atoms with Crippen LogP contribution in [0.2, 0.25) is 0 Å². The number of rotatable bonds is 4. The molecule has 4 aromatic rings. The summed E-state index contributed by atoms with van der Waals surface area (Å²) in [6.45, 7) is 3.65. The Labute approximate surface area is 168 Å². The van der Waals surface area contributed by atoms with Crippen molar-refractivity contribution in [2.24, 2.45) is 0 Å². The number of fused-ring (bicyclic) bond motifs is 1. The second-order valence-electron chi connectivity index (χ2n) is 6.68.